The van der Waals surface area contributed by atoms with E-state index in [1.807, 2.05) is 0 Å². The molecule has 1 aromatic heterocycles. The monoisotopic (exact) mass is 316 g/mol. The number of aromatic nitrogens is 4. The first kappa shape index (κ1) is 13.6. The van der Waals surface area contributed by atoms with Crippen LogP contribution in [0.5, 0.6) is 0 Å². The van der Waals surface area contributed by atoms with Gasteiger partial charge in [-0.15, -0.1) is 10.2 Å². The van der Waals surface area contributed by atoms with Gasteiger partial charge in [-0.25, -0.2) is 0 Å². The molecule has 1 N–H and O–H groups in total. The van der Waals surface area contributed by atoms with Crippen molar-refractivity contribution in [2.45, 2.75) is 25.2 Å². The topological polar surface area (TPSA) is 88.6 Å². The van der Waals surface area contributed by atoms with Gasteiger partial charge in [0.1, 0.15) is 0 Å². The highest BCUT2D eigenvalue weighted by Gasteiger charge is 2.46. The van der Waals surface area contributed by atoms with Crippen LogP contribution in [0, 0.1) is 11.8 Å². The van der Waals surface area contributed by atoms with Crippen molar-refractivity contribution in [1.29, 1.82) is 0 Å². The average molecular weight is 317 g/mol. The van der Waals surface area contributed by atoms with E-state index in [1.165, 1.54) is 0 Å². The van der Waals surface area contributed by atoms with E-state index in [2.05, 4.69) is 20.6 Å². The molecule has 2 saturated carbocycles. The second-order valence-electron chi connectivity index (χ2n) is 5.92. The van der Waals surface area contributed by atoms with Crippen LogP contribution >= 0.6 is 11.6 Å². The SMILES string of the molecule is O=C(c1ccc(C(=O)C2CC2c2nn[nH]n2)cc1Cl)C1CC1. The Bertz CT molecular complexity index is 755. The summed E-state index contributed by atoms with van der Waals surface area (Å²) in [6.45, 7) is 0. The normalized spacial score (nSPS) is 23.3. The van der Waals surface area contributed by atoms with Gasteiger partial charge in [-0.2, -0.15) is 5.21 Å². The van der Waals surface area contributed by atoms with E-state index >= 15 is 0 Å². The number of carbonyl (C=O) groups excluding carboxylic acids is 2. The molecule has 2 aliphatic rings. The van der Waals surface area contributed by atoms with E-state index < -0.39 is 0 Å². The number of aromatic amines is 1. The van der Waals surface area contributed by atoms with Crippen molar-refractivity contribution in [3.63, 3.8) is 0 Å². The molecule has 7 heteroatoms. The second kappa shape index (κ2) is 4.98. The summed E-state index contributed by atoms with van der Waals surface area (Å²) in [7, 11) is 0. The fourth-order valence-corrected chi connectivity index (χ4v) is 3.02. The number of nitrogens with zero attached hydrogens (tertiary/aromatic N) is 3. The summed E-state index contributed by atoms with van der Waals surface area (Å²) in [5.41, 5.74) is 1.06. The van der Waals surface area contributed by atoms with Crippen LogP contribution in [-0.4, -0.2) is 32.2 Å². The fourth-order valence-electron chi connectivity index (χ4n) is 2.74. The molecule has 1 aromatic carbocycles. The number of carbonyl (C=O) groups is 2. The van der Waals surface area contributed by atoms with E-state index in [4.69, 9.17) is 11.6 Å². The Hall–Kier alpha value is -2.08. The van der Waals surface area contributed by atoms with Gasteiger partial charge in [-0.3, -0.25) is 9.59 Å². The van der Waals surface area contributed by atoms with E-state index in [1.54, 1.807) is 18.2 Å². The van der Waals surface area contributed by atoms with Crippen LogP contribution in [0.25, 0.3) is 0 Å². The highest BCUT2D eigenvalue weighted by atomic mass is 35.5. The molecule has 0 bridgehead atoms. The Kier molecular flexibility index (Phi) is 3.07. The summed E-state index contributed by atoms with van der Waals surface area (Å²) in [5, 5.41) is 14.1. The van der Waals surface area contributed by atoms with E-state index in [0.29, 0.717) is 22.0 Å². The van der Waals surface area contributed by atoms with Gasteiger partial charge in [0.2, 0.25) is 0 Å². The van der Waals surface area contributed by atoms with Crippen molar-refractivity contribution in [3.8, 4) is 0 Å². The lowest BCUT2D eigenvalue weighted by atomic mass is 10.0. The largest absolute Gasteiger partial charge is 0.294 e. The number of hydrogen-bond donors (Lipinski definition) is 1. The minimum Gasteiger partial charge on any atom is -0.294 e. The minimum absolute atomic E-state index is 0.0159. The molecule has 0 saturated heterocycles. The van der Waals surface area contributed by atoms with Crippen molar-refractivity contribution in [3.05, 3.63) is 40.2 Å². The number of Topliss-reactive ketones (excluding diaryl/α,β-unsaturated/α-hetero) is 2. The minimum atomic E-state index is -0.126. The van der Waals surface area contributed by atoms with Gasteiger partial charge in [0.15, 0.2) is 17.4 Å². The Morgan fingerprint density at radius 3 is 2.68 bits per heavy atom. The molecule has 6 nitrogen and oxygen atoms in total. The molecule has 1 heterocycles. The number of nitrogens with one attached hydrogen (secondary N) is 1. The van der Waals surface area contributed by atoms with Crippen molar-refractivity contribution in [2.75, 3.05) is 0 Å². The lowest BCUT2D eigenvalue weighted by Gasteiger charge is -2.05. The predicted molar refractivity (Wildman–Crippen MR) is 77.9 cm³/mol. The fraction of sp³-hybridized carbons (Fsp3) is 0.400. The molecule has 2 atom stereocenters. The highest BCUT2D eigenvalue weighted by Crippen LogP contribution is 2.47. The van der Waals surface area contributed by atoms with Crippen LogP contribution in [0.1, 0.15) is 51.7 Å². The van der Waals surface area contributed by atoms with Crippen molar-refractivity contribution >= 4 is 23.2 Å². The number of ketones is 2. The van der Waals surface area contributed by atoms with Crippen LogP contribution < -0.4 is 0 Å². The first-order valence-corrected chi connectivity index (χ1v) is 7.64. The van der Waals surface area contributed by atoms with Gasteiger partial charge >= 0.3 is 0 Å². The standard InChI is InChI=1S/C15H13ClN4O2/c16-12-5-8(3-4-9(12)13(21)7-1-2-7)14(22)10-6-11(10)15-17-19-20-18-15/h3-5,7,10-11H,1-2,6H2,(H,17,18,19,20). The van der Waals surface area contributed by atoms with Crippen molar-refractivity contribution in [2.24, 2.45) is 11.8 Å². The first-order valence-electron chi connectivity index (χ1n) is 7.26. The first-order chi connectivity index (χ1) is 10.6. The van der Waals surface area contributed by atoms with E-state index in [-0.39, 0.29) is 29.3 Å². The summed E-state index contributed by atoms with van der Waals surface area (Å²) in [4.78, 5) is 24.5. The van der Waals surface area contributed by atoms with Crippen molar-refractivity contribution < 1.29 is 9.59 Å². The predicted octanol–water partition coefficient (Wildman–Crippen LogP) is 2.43. The van der Waals surface area contributed by atoms with Crippen LogP contribution in [-0.2, 0) is 0 Å². The summed E-state index contributed by atoms with van der Waals surface area (Å²) in [5.74, 6) is 0.689. The van der Waals surface area contributed by atoms with Crippen LogP contribution in [0.2, 0.25) is 5.02 Å². The summed E-state index contributed by atoms with van der Waals surface area (Å²) < 4.78 is 0. The lowest BCUT2D eigenvalue weighted by Crippen LogP contribution is -2.07. The molecule has 2 aliphatic carbocycles. The van der Waals surface area contributed by atoms with Gasteiger partial charge in [0.05, 0.1) is 5.02 Å². The molecule has 0 radical (unpaired) electrons. The van der Waals surface area contributed by atoms with Gasteiger partial charge in [-0.1, -0.05) is 22.9 Å². The molecule has 0 amide bonds. The third-order valence-electron chi connectivity index (χ3n) is 4.29. The molecule has 4 rings (SSSR count). The Balaban J connectivity index is 1.52. The maximum absolute atomic E-state index is 12.5. The van der Waals surface area contributed by atoms with Gasteiger partial charge < -0.3 is 0 Å². The van der Waals surface area contributed by atoms with Crippen LogP contribution in [0.4, 0.5) is 0 Å². The molecule has 2 aromatic rings. The molecule has 2 fully saturated rings. The zero-order valence-corrected chi connectivity index (χ0v) is 12.4. The highest BCUT2D eigenvalue weighted by molar-refractivity contribution is 6.34. The Morgan fingerprint density at radius 1 is 1.23 bits per heavy atom. The van der Waals surface area contributed by atoms with Crippen LogP contribution in [0.3, 0.4) is 0 Å². The molecule has 0 spiro atoms. The van der Waals surface area contributed by atoms with Crippen molar-refractivity contribution in [1.82, 2.24) is 20.6 Å². The van der Waals surface area contributed by atoms with Gasteiger partial charge in [0.25, 0.3) is 0 Å². The molecular weight excluding hydrogens is 304 g/mol. The van der Waals surface area contributed by atoms with E-state index in [9.17, 15) is 9.59 Å². The third-order valence-corrected chi connectivity index (χ3v) is 4.60. The number of halogens is 1. The molecule has 112 valence electrons. The third kappa shape index (κ3) is 2.33. The number of H-pyrrole nitrogens is 1. The lowest BCUT2D eigenvalue weighted by molar-refractivity contribution is 0.0955. The average Bonchev–Trinajstić information content (AvgIpc) is 3.45. The molecule has 22 heavy (non-hydrogen) atoms. The van der Waals surface area contributed by atoms with Crippen LogP contribution in [0.15, 0.2) is 18.2 Å². The second-order valence-corrected chi connectivity index (χ2v) is 6.32. The quantitative estimate of drug-likeness (QED) is 0.856. The van der Waals surface area contributed by atoms with Gasteiger partial charge in [0, 0.05) is 28.9 Å². The summed E-state index contributed by atoms with van der Waals surface area (Å²) in [6.07, 6.45) is 2.59. The van der Waals surface area contributed by atoms with Gasteiger partial charge in [-0.05, 0) is 31.4 Å². The smallest absolute Gasteiger partial charge is 0.178 e. The van der Waals surface area contributed by atoms with E-state index in [0.717, 1.165) is 19.3 Å². The number of rotatable bonds is 5. The molecular formula is C15H13ClN4O2. The maximum Gasteiger partial charge on any atom is 0.178 e. The zero-order valence-electron chi connectivity index (χ0n) is 11.6. The zero-order chi connectivity index (χ0) is 15.3. The maximum atomic E-state index is 12.5. The Morgan fingerprint density at radius 2 is 2.05 bits per heavy atom. The summed E-state index contributed by atoms with van der Waals surface area (Å²) >= 11 is 6.19. The number of hydrogen-bond acceptors (Lipinski definition) is 5. The Labute approximate surface area is 131 Å². The number of tetrazole rings is 1. The molecule has 0 aliphatic heterocycles. The summed E-state index contributed by atoms with van der Waals surface area (Å²) in [6, 6.07) is 4.96. The molecule has 2 unspecified atom stereocenters. The number of benzene rings is 1.